The Hall–Kier alpha value is -3.17. The van der Waals surface area contributed by atoms with E-state index in [1.807, 2.05) is 24.3 Å². The number of ether oxygens (including phenoxy) is 1. The van der Waals surface area contributed by atoms with E-state index in [0.717, 1.165) is 20.1 Å². The van der Waals surface area contributed by atoms with Crippen LogP contribution in [0.1, 0.15) is 23.4 Å². The van der Waals surface area contributed by atoms with Crippen molar-refractivity contribution in [1.29, 1.82) is 0 Å². The van der Waals surface area contributed by atoms with Crippen LogP contribution in [0.5, 0.6) is 0 Å². The smallest absolute Gasteiger partial charge is 0.241 e. The number of amides is 3. The minimum absolute atomic E-state index is 0.0557. The first kappa shape index (κ1) is 23.0. The standard InChI is InChI=1S/C24H24FN3O4S/c1-27(15-20-26-18-9-5-6-10-19(18)33-20)21(29)13-24(16-7-3-4-8-17(16)25)14-22(30)28(23(24)31)11-12-32-2/h3-10H,11-15H2,1-2H3. The van der Waals surface area contributed by atoms with Crippen LogP contribution < -0.4 is 0 Å². The summed E-state index contributed by atoms with van der Waals surface area (Å²) in [6, 6.07) is 13.5. The highest BCUT2D eigenvalue weighted by atomic mass is 32.1. The number of imide groups is 1. The molecule has 1 aromatic heterocycles. The molecule has 172 valence electrons. The number of aromatic nitrogens is 1. The van der Waals surface area contributed by atoms with Gasteiger partial charge in [-0.1, -0.05) is 30.3 Å². The molecule has 1 fully saturated rings. The maximum Gasteiger partial charge on any atom is 0.241 e. The number of rotatable bonds is 8. The first-order valence-electron chi connectivity index (χ1n) is 10.5. The number of nitrogens with zero attached hydrogens (tertiary/aromatic N) is 3. The molecule has 7 nitrogen and oxygen atoms in total. The summed E-state index contributed by atoms with van der Waals surface area (Å²) in [5.41, 5.74) is -0.675. The minimum atomic E-state index is -1.59. The first-order chi connectivity index (χ1) is 15.9. The molecule has 0 radical (unpaired) electrons. The van der Waals surface area contributed by atoms with E-state index in [4.69, 9.17) is 4.74 Å². The van der Waals surface area contributed by atoms with Gasteiger partial charge in [-0.15, -0.1) is 11.3 Å². The van der Waals surface area contributed by atoms with Gasteiger partial charge >= 0.3 is 0 Å². The van der Waals surface area contributed by atoms with Crippen LogP contribution in [0, 0.1) is 5.82 Å². The van der Waals surface area contributed by atoms with Crippen molar-refractivity contribution in [3.05, 3.63) is 64.9 Å². The SMILES string of the molecule is COCCN1C(=O)CC(CC(=O)N(C)Cc2nc3ccccc3s2)(c2ccccc2F)C1=O. The molecule has 0 bridgehead atoms. The number of halogens is 1. The second-order valence-corrected chi connectivity index (χ2v) is 9.20. The van der Waals surface area contributed by atoms with E-state index in [1.54, 1.807) is 13.1 Å². The Balaban J connectivity index is 1.61. The summed E-state index contributed by atoms with van der Waals surface area (Å²) in [7, 11) is 3.09. The normalized spacial score (nSPS) is 18.3. The summed E-state index contributed by atoms with van der Waals surface area (Å²) in [4.78, 5) is 46.5. The molecular weight excluding hydrogens is 445 g/mol. The van der Waals surface area contributed by atoms with Gasteiger partial charge in [0, 0.05) is 32.6 Å². The Morgan fingerprint density at radius 2 is 1.94 bits per heavy atom. The van der Waals surface area contributed by atoms with E-state index < -0.39 is 23.0 Å². The maximum absolute atomic E-state index is 14.8. The number of fused-ring (bicyclic) bond motifs is 1. The molecule has 0 saturated carbocycles. The molecule has 1 unspecified atom stereocenters. The second kappa shape index (κ2) is 9.36. The number of benzene rings is 2. The number of para-hydroxylation sites is 1. The molecule has 9 heteroatoms. The lowest BCUT2D eigenvalue weighted by Crippen LogP contribution is -2.43. The van der Waals surface area contributed by atoms with E-state index in [1.165, 1.54) is 41.5 Å². The zero-order valence-corrected chi connectivity index (χ0v) is 19.2. The summed E-state index contributed by atoms with van der Waals surface area (Å²) in [5, 5.41) is 0.752. The van der Waals surface area contributed by atoms with Crippen LogP contribution in [-0.4, -0.2) is 59.8 Å². The fourth-order valence-electron chi connectivity index (χ4n) is 4.17. The summed E-state index contributed by atoms with van der Waals surface area (Å²) >= 11 is 1.49. The fraction of sp³-hybridized carbons (Fsp3) is 0.333. The van der Waals surface area contributed by atoms with Crippen LogP contribution in [0.15, 0.2) is 48.5 Å². The van der Waals surface area contributed by atoms with Crippen LogP contribution in [-0.2, 0) is 31.1 Å². The summed E-state index contributed by atoms with van der Waals surface area (Å²) in [5.74, 6) is -2.00. The lowest BCUT2D eigenvalue weighted by molar-refractivity contribution is -0.143. The Labute approximate surface area is 194 Å². The molecule has 33 heavy (non-hydrogen) atoms. The van der Waals surface area contributed by atoms with Gasteiger partial charge in [-0.25, -0.2) is 9.37 Å². The van der Waals surface area contributed by atoms with Crippen LogP contribution in [0.4, 0.5) is 4.39 Å². The zero-order chi connectivity index (χ0) is 23.6. The number of likely N-dealkylation sites (tertiary alicyclic amines) is 1. The first-order valence-corrected chi connectivity index (χ1v) is 11.3. The van der Waals surface area contributed by atoms with E-state index in [0.29, 0.717) is 0 Å². The van der Waals surface area contributed by atoms with Crippen molar-refractivity contribution in [3.8, 4) is 0 Å². The van der Waals surface area contributed by atoms with Crippen molar-refractivity contribution in [3.63, 3.8) is 0 Å². The molecular formula is C24H24FN3O4S. The van der Waals surface area contributed by atoms with Crippen LogP contribution >= 0.6 is 11.3 Å². The number of hydrogen-bond donors (Lipinski definition) is 0. The predicted molar refractivity (Wildman–Crippen MR) is 122 cm³/mol. The van der Waals surface area contributed by atoms with Crippen molar-refractivity contribution in [2.75, 3.05) is 27.3 Å². The Morgan fingerprint density at radius 1 is 1.21 bits per heavy atom. The molecule has 0 N–H and O–H groups in total. The number of hydrogen-bond acceptors (Lipinski definition) is 6. The van der Waals surface area contributed by atoms with Gasteiger partial charge in [-0.05, 0) is 18.2 Å². The maximum atomic E-state index is 14.8. The number of carbonyl (C=O) groups excluding carboxylic acids is 3. The van der Waals surface area contributed by atoms with Crippen LogP contribution in [0.3, 0.4) is 0 Å². The van der Waals surface area contributed by atoms with Gasteiger partial charge in [-0.2, -0.15) is 0 Å². The molecule has 4 rings (SSSR count). The second-order valence-electron chi connectivity index (χ2n) is 8.08. The third kappa shape index (κ3) is 4.38. The van der Waals surface area contributed by atoms with Gasteiger partial charge in [0.05, 0.1) is 35.3 Å². The van der Waals surface area contributed by atoms with E-state index in [-0.39, 0.29) is 44.0 Å². The fourth-order valence-corrected chi connectivity index (χ4v) is 5.20. The van der Waals surface area contributed by atoms with Crippen molar-refractivity contribution in [2.45, 2.75) is 24.8 Å². The van der Waals surface area contributed by atoms with Crippen LogP contribution in [0.25, 0.3) is 10.2 Å². The summed E-state index contributed by atoms with van der Waals surface area (Å²) in [6.07, 6.45) is -0.583. The average molecular weight is 470 g/mol. The highest BCUT2D eigenvalue weighted by Gasteiger charge is 2.54. The van der Waals surface area contributed by atoms with Gasteiger partial charge < -0.3 is 9.64 Å². The zero-order valence-electron chi connectivity index (χ0n) is 18.4. The Morgan fingerprint density at radius 3 is 2.67 bits per heavy atom. The van der Waals surface area contributed by atoms with Gasteiger partial charge in [0.15, 0.2) is 0 Å². The van der Waals surface area contributed by atoms with E-state index in [2.05, 4.69) is 4.98 Å². The molecule has 1 saturated heterocycles. The van der Waals surface area contributed by atoms with Gasteiger partial charge in [0.1, 0.15) is 10.8 Å². The van der Waals surface area contributed by atoms with Gasteiger partial charge in [0.2, 0.25) is 17.7 Å². The number of thiazole rings is 1. The largest absolute Gasteiger partial charge is 0.383 e. The van der Waals surface area contributed by atoms with Crippen molar-refractivity contribution >= 4 is 39.3 Å². The molecule has 0 aliphatic carbocycles. The van der Waals surface area contributed by atoms with Crippen LogP contribution in [0.2, 0.25) is 0 Å². The molecule has 3 amide bonds. The molecule has 0 spiro atoms. The topological polar surface area (TPSA) is 79.8 Å². The van der Waals surface area contributed by atoms with E-state index >= 15 is 0 Å². The Bertz CT molecular complexity index is 1180. The van der Waals surface area contributed by atoms with Crippen molar-refractivity contribution in [2.24, 2.45) is 0 Å². The van der Waals surface area contributed by atoms with Crippen molar-refractivity contribution in [1.82, 2.24) is 14.8 Å². The third-order valence-corrected chi connectivity index (χ3v) is 6.93. The van der Waals surface area contributed by atoms with E-state index in [9.17, 15) is 18.8 Å². The summed E-state index contributed by atoms with van der Waals surface area (Å²) in [6.45, 7) is 0.470. The quantitative estimate of drug-likeness (QED) is 0.474. The van der Waals surface area contributed by atoms with Gasteiger partial charge in [-0.3, -0.25) is 19.3 Å². The van der Waals surface area contributed by atoms with Crippen molar-refractivity contribution < 1.29 is 23.5 Å². The molecule has 3 aromatic rings. The molecule has 1 aliphatic rings. The average Bonchev–Trinajstić information content (AvgIpc) is 3.30. The lowest BCUT2D eigenvalue weighted by atomic mass is 9.75. The predicted octanol–water partition coefficient (Wildman–Crippen LogP) is 3.13. The minimum Gasteiger partial charge on any atom is -0.383 e. The molecule has 2 heterocycles. The lowest BCUT2D eigenvalue weighted by Gasteiger charge is -2.29. The Kier molecular flexibility index (Phi) is 6.53. The monoisotopic (exact) mass is 469 g/mol. The number of methoxy groups -OCH3 is 1. The molecule has 2 aromatic carbocycles. The molecule has 1 atom stereocenters. The molecule has 1 aliphatic heterocycles. The summed E-state index contributed by atoms with van der Waals surface area (Å²) < 4.78 is 20.9. The third-order valence-electron chi connectivity index (χ3n) is 5.91. The highest BCUT2D eigenvalue weighted by Crippen LogP contribution is 2.41. The van der Waals surface area contributed by atoms with Gasteiger partial charge in [0.25, 0.3) is 0 Å². The number of carbonyl (C=O) groups is 3. The highest BCUT2D eigenvalue weighted by molar-refractivity contribution is 7.18.